The molecular formula is C43H45FN10O4. The van der Waals surface area contributed by atoms with E-state index in [2.05, 4.69) is 40.8 Å². The molecule has 58 heavy (non-hydrogen) atoms. The van der Waals surface area contributed by atoms with E-state index < -0.39 is 29.7 Å². The fraction of sp³-hybridized carbons (Fsp3) is 0.372. The summed E-state index contributed by atoms with van der Waals surface area (Å²) in [7, 11) is 1.82. The zero-order valence-corrected chi connectivity index (χ0v) is 32.5. The summed E-state index contributed by atoms with van der Waals surface area (Å²) in [5, 5.41) is 14.0. The molecule has 9 rings (SSSR count). The number of carbonyl (C=O) groups excluding carboxylic acids is 4. The largest absolute Gasteiger partial charge is 0.371 e. The second kappa shape index (κ2) is 15.3. The van der Waals surface area contributed by atoms with Gasteiger partial charge in [-0.25, -0.2) is 14.1 Å². The van der Waals surface area contributed by atoms with E-state index in [-0.39, 0.29) is 24.6 Å². The van der Waals surface area contributed by atoms with Crippen molar-refractivity contribution in [2.75, 3.05) is 48.3 Å². The number of para-hydroxylation sites is 1. The van der Waals surface area contributed by atoms with Gasteiger partial charge < -0.3 is 20.4 Å². The van der Waals surface area contributed by atoms with E-state index in [9.17, 15) is 19.2 Å². The lowest BCUT2D eigenvalue weighted by Crippen LogP contribution is -2.54. The number of rotatable bonds is 9. The molecule has 4 aliphatic heterocycles. The van der Waals surface area contributed by atoms with Crippen LogP contribution in [0.2, 0.25) is 0 Å². The first-order valence-electron chi connectivity index (χ1n) is 20.0. The number of nitrogens with one attached hydrogen (secondary N) is 3. The van der Waals surface area contributed by atoms with Gasteiger partial charge in [-0.3, -0.25) is 29.4 Å². The Morgan fingerprint density at radius 1 is 0.845 bits per heavy atom. The van der Waals surface area contributed by atoms with Crippen LogP contribution in [0.5, 0.6) is 0 Å². The zero-order valence-electron chi connectivity index (χ0n) is 32.5. The van der Waals surface area contributed by atoms with Gasteiger partial charge in [-0.15, -0.1) is 0 Å². The number of anilines is 5. The first kappa shape index (κ1) is 37.4. The topological polar surface area (TPSA) is 158 Å². The highest BCUT2D eigenvalue weighted by atomic mass is 19.1. The van der Waals surface area contributed by atoms with Gasteiger partial charge in [0.15, 0.2) is 11.5 Å². The second-order valence-corrected chi connectivity index (χ2v) is 15.9. The first-order chi connectivity index (χ1) is 28.1. The summed E-state index contributed by atoms with van der Waals surface area (Å²) in [6, 6.07) is 17.8. The van der Waals surface area contributed by atoms with Crippen molar-refractivity contribution >= 4 is 63.5 Å². The van der Waals surface area contributed by atoms with Gasteiger partial charge in [-0.1, -0.05) is 24.3 Å². The minimum Gasteiger partial charge on any atom is -0.371 e. The third kappa shape index (κ3) is 7.14. The summed E-state index contributed by atoms with van der Waals surface area (Å²) in [5.74, 6) is -0.551. The minimum absolute atomic E-state index is 0.0901. The maximum atomic E-state index is 15.5. The Labute approximate surface area is 334 Å². The van der Waals surface area contributed by atoms with E-state index in [1.54, 1.807) is 35.1 Å². The van der Waals surface area contributed by atoms with Crippen LogP contribution in [-0.4, -0.2) is 91.9 Å². The predicted molar refractivity (Wildman–Crippen MR) is 217 cm³/mol. The van der Waals surface area contributed by atoms with Crippen molar-refractivity contribution in [1.29, 1.82) is 0 Å². The number of aryl methyl sites for hydroxylation is 2. The highest BCUT2D eigenvalue weighted by Crippen LogP contribution is 2.35. The minimum atomic E-state index is -0.975. The number of aromatic nitrogens is 4. The highest BCUT2D eigenvalue weighted by molar-refractivity contribution is 6.23. The molecule has 15 heteroatoms. The molecule has 6 heterocycles. The lowest BCUT2D eigenvalue weighted by molar-refractivity contribution is -0.136. The molecule has 1 unspecified atom stereocenters. The molecule has 3 fully saturated rings. The van der Waals surface area contributed by atoms with E-state index in [0.717, 1.165) is 91.2 Å². The summed E-state index contributed by atoms with van der Waals surface area (Å²) in [4.78, 5) is 65.4. The summed E-state index contributed by atoms with van der Waals surface area (Å²) in [6.07, 6.45) is 5.86. The van der Waals surface area contributed by atoms with Gasteiger partial charge in [0.25, 0.3) is 11.8 Å². The van der Waals surface area contributed by atoms with Crippen LogP contribution in [0.1, 0.15) is 76.3 Å². The lowest BCUT2D eigenvalue weighted by atomic mass is 9.88. The number of likely N-dealkylation sites (tertiary alicyclic amines) is 1. The van der Waals surface area contributed by atoms with E-state index in [0.29, 0.717) is 40.1 Å². The third-order valence-corrected chi connectivity index (χ3v) is 12.2. The average molecular weight is 785 g/mol. The Morgan fingerprint density at radius 3 is 2.38 bits per heavy atom. The fourth-order valence-corrected chi connectivity index (χ4v) is 8.88. The van der Waals surface area contributed by atoms with Crippen LogP contribution in [0.15, 0.2) is 66.9 Å². The van der Waals surface area contributed by atoms with Crippen LogP contribution >= 0.6 is 0 Å². The molecule has 4 amide bonds. The quantitative estimate of drug-likeness (QED) is 0.155. The summed E-state index contributed by atoms with van der Waals surface area (Å²) in [6.45, 7) is 6.63. The van der Waals surface area contributed by atoms with Crippen LogP contribution in [0, 0.1) is 18.7 Å². The van der Waals surface area contributed by atoms with Crippen LogP contribution in [0.4, 0.5) is 33.2 Å². The highest BCUT2D eigenvalue weighted by Gasteiger charge is 2.45. The molecule has 0 saturated carbocycles. The van der Waals surface area contributed by atoms with E-state index in [4.69, 9.17) is 0 Å². The fourth-order valence-electron chi connectivity index (χ4n) is 8.88. The van der Waals surface area contributed by atoms with Crippen molar-refractivity contribution in [3.05, 3.63) is 94.9 Å². The van der Waals surface area contributed by atoms with E-state index in [1.807, 2.05) is 50.4 Å². The number of imide groups is 2. The van der Waals surface area contributed by atoms with Crippen LogP contribution < -0.4 is 20.9 Å². The lowest BCUT2D eigenvalue weighted by Gasteiger charge is -2.38. The normalized spacial score (nSPS) is 19.5. The number of carbonyl (C=O) groups is 4. The Hall–Kier alpha value is -6.22. The van der Waals surface area contributed by atoms with E-state index >= 15 is 4.39 Å². The molecule has 3 saturated heterocycles. The monoisotopic (exact) mass is 784 g/mol. The van der Waals surface area contributed by atoms with Gasteiger partial charge in [0.2, 0.25) is 17.8 Å². The van der Waals surface area contributed by atoms with Gasteiger partial charge in [0, 0.05) is 50.7 Å². The summed E-state index contributed by atoms with van der Waals surface area (Å²) in [5.41, 5.74) is 5.48. The number of fused-ring (bicyclic) bond motifs is 2. The molecule has 2 aromatic heterocycles. The molecule has 0 bridgehead atoms. The number of halogens is 1. The van der Waals surface area contributed by atoms with Crippen molar-refractivity contribution in [2.45, 2.75) is 57.4 Å². The molecule has 0 radical (unpaired) electrons. The summed E-state index contributed by atoms with van der Waals surface area (Å²) < 4.78 is 17.2. The van der Waals surface area contributed by atoms with Crippen molar-refractivity contribution in [2.24, 2.45) is 13.0 Å². The smallest absolute Gasteiger partial charge is 0.262 e. The number of hydrogen-bond donors (Lipinski definition) is 3. The first-order valence-corrected chi connectivity index (χ1v) is 20.0. The van der Waals surface area contributed by atoms with Crippen LogP contribution in [0.3, 0.4) is 0 Å². The van der Waals surface area contributed by atoms with Crippen molar-refractivity contribution < 1.29 is 23.6 Å². The summed E-state index contributed by atoms with van der Waals surface area (Å²) >= 11 is 0. The number of hydrogen-bond acceptors (Lipinski definition) is 11. The van der Waals surface area contributed by atoms with E-state index in [1.165, 1.54) is 0 Å². The molecular weight excluding hydrogens is 740 g/mol. The van der Waals surface area contributed by atoms with Gasteiger partial charge in [-0.2, -0.15) is 10.1 Å². The Kier molecular flexibility index (Phi) is 9.84. The zero-order chi connectivity index (χ0) is 40.1. The average Bonchev–Trinajstić information content (AvgIpc) is 3.67. The predicted octanol–water partition coefficient (Wildman–Crippen LogP) is 5.80. The number of benzene rings is 3. The number of nitrogens with zero attached hydrogens (tertiary/aromatic N) is 7. The Bertz CT molecular complexity index is 2450. The van der Waals surface area contributed by atoms with Gasteiger partial charge in [0.05, 0.1) is 22.2 Å². The van der Waals surface area contributed by atoms with Crippen molar-refractivity contribution in [1.82, 2.24) is 34.9 Å². The van der Waals surface area contributed by atoms with Gasteiger partial charge in [-0.05, 0) is 111 Å². The van der Waals surface area contributed by atoms with Crippen molar-refractivity contribution in [3.63, 3.8) is 0 Å². The molecule has 4 aliphatic rings. The number of amides is 4. The van der Waals surface area contributed by atoms with Crippen LogP contribution in [-0.2, 0) is 16.6 Å². The molecule has 1 atom stereocenters. The second-order valence-electron chi connectivity index (χ2n) is 15.9. The standard InChI is InChI=1S/C43H45FN10O4/c1-25-5-3-4-6-34(25)46-38-32-23-45-43(49-39(32)51(2)50-38)47-35-10-7-28(21-33(35)44)27-15-17-52(18-16-27)24-26-13-19-53(20-14-26)29-8-9-30-31(22-29)42(58)54(41(30)57)36-11-12-37(55)48-40(36)56/h3-10,21-23,26-27,36H,11-20,24H2,1-2H3,(H,46,50)(H,45,47,49)(H,48,55,56). The van der Waals surface area contributed by atoms with Crippen LogP contribution in [0.25, 0.3) is 11.0 Å². The molecule has 3 N–H and O–H groups in total. The van der Waals surface area contributed by atoms with Gasteiger partial charge in [0.1, 0.15) is 11.9 Å². The maximum Gasteiger partial charge on any atom is 0.262 e. The van der Waals surface area contributed by atoms with Gasteiger partial charge >= 0.3 is 0 Å². The number of piperidine rings is 3. The third-order valence-electron chi connectivity index (χ3n) is 12.2. The SMILES string of the molecule is Cc1ccccc1Nc1nn(C)c2nc(Nc3ccc(C4CCN(CC5CCN(c6ccc7c(c6)C(=O)N(C6CCC(=O)NC6=O)C7=O)CC5)CC4)cc3F)ncc12. The maximum absolute atomic E-state index is 15.5. The molecule has 14 nitrogen and oxygen atoms in total. The molecule has 0 spiro atoms. The van der Waals surface area contributed by atoms with Crippen molar-refractivity contribution in [3.8, 4) is 0 Å². The molecule has 5 aromatic rings. The molecule has 3 aromatic carbocycles. The molecule has 298 valence electrons. The molecule has 0 aliphatic carbocycles. The Balaban J connectivity index is 0.759. The Morgan fingerprint density at radius 2 is 1.62 bits per heavy atom.